The van der Waals surface area contributed by atoms with Crippen molar-refractivity contribution < 1.29 is 154 Å². The van der Waals surface area contributed by atoms with E-state index < -0.39 is 84.8 Å². The summed E-state index contributed by atoms with van der Waals surface area (Å²) in [6.45, 7) is 8.17. The van der Waals surface area contributed by atoms with Crippen LogP contribution in [-0.2, 0) is 92.6 Å². The smallest absolute Gasteiger partial charge is 0.549 e. The number of aliphatic carboxylic acids is 1. The minimum Gasteiger partial charge on any atom is -0.549 e. The van der Waals surface area contributed by atoms with Crippen molar-refractivity contribution in [2.75, 3.05) is 124 Å². The van der Waals surface area contributed by atoms with Crippen LogP contribution in [0.2, 0.25) is 0 Å². The Bertz CT molecular complexity index is 3010. The molecule has 0 aliphatic carbocycles. The number of imide groups is 2. The summed E-state index contributed by atoms with van der Waals surface area (Å²) < 4.78 is 68.9. The molecule has 4 saturated heterocycles. The number of cyclic esters (lactones) is 2. The number of anilines is 4. The molecule has 0 bridgehead atoms. The fraction of sp³-hybridized carbons (Fsp3) is 0.500. The average molecular weight is 1320 g/mol. The number of morpholine rings is 2. The quantitative estimate of drug-likeness (QED) is 0.0590. The fourth-order valence-corrected chi connectivity index (χ4v) is 9.86. The van der Waals surface area contributed by atoms with Crippen LogP contribution in [-0.4, -0.2) is 204 Å². The van der Waals surface area contributed by atoms with Gasteiger partial charge in [0.15, 0.2) is 6.07 Å². The Kier molecular flexibility index (Phi) is 23.6. The molecule has 6 aliphatic rings. The predicted octanol–water partition coefficient (Wildman–Crippen LogP) is -1.12. The molecule has 2 aromatic heterocycles. The van der Waals surface area contributed by atoms with E-state index in [1.807, 2.05) is 41.2 Å². The summed E-state index contributed by atoms with van der Waals surface area (Å²) in [5, 5.41) is 18.8. The molecule has 4 fully saturated rings. The average Bonchev–Trinajstić information content (AvgIpc) is 3.14. The van der Waals surface area contributed by atoms with Gasteiger partial charge in [-0.25, -0.2) is 37.8 Å². The Morgan fingerprint density at radius 1 is 0.655 bits per heavy atom. The van der Waals surface area contributed by atoms with E-state index in [2.05, 4.69) is 14.9 Å². The number of aromatic nitrogens is 4. The van der Waals surface area contributed by atoms with Gasteiger partial charge >= 0.3 is 99.2 Å². The first kappa shape index (κ1) is 65.4. The number of ether oxygens (including phenoxy) is 7. The molecule has 2 aromatic carbocycles. The molecular weight excluding hydrogens is 1250 g/mol. The normalized spacial score (nSPS) is 18.2. The number of benzene rings is 2. The summed E-state index contributed by atoms with van der Waals surface area (Å²) in [4.78, 5) is 107. The van der Waals surface area contributed by atoms with Gasteiger partial charge < -0.3 is 52.9 Å². The van der Waals surface area contributed by atoms with Crippen molar-refractivity contribution in [1.29, 1.82) is 0 Å². The first-order valence-corrected chi connectivity index (χ1v) is 26.8. The standard InChI is InChI=1S/C26H31FN6O8.C20H21ClFN5O5.C6H11NO3.Cs/c1-17(34)32(25(36)40-16-39-24(35)15-30-5-7-38-8-6-30)12-20-13-33(26(37)41-20)19-3-4-23(21(27)9-19)31-11-18-10-29(2)28-22(18)14-31;1-12(28)26(19(29)31-11-21)8-15-9-27(20(30)32-15)14-3-4-18(16(22)5-14)25-7-13-6-24(2)23-17(13)10-25;8-6(9)5-7-1-3-10-4-2-7;/h3-4,9-10,20H,5-8,11-16H2,1-2H3;3-6,15H,7-11H2,1-2H3;1-5H2,(H,8,9);/q;;;+1/p-1/t20-;15-;;/m00../s1. The van der Waals surface area contributed by atoms with E-state index in [1.165, 1.54) is 28.9 Å². The van der Waals surface area contributed by atoms with Gasteiger partial charge in [0, 0.05) is 97.3 Å². The van der Waals surface area contributed by atoms with Crippen LogP contribution in [0.3, 0.4) is 0 Å². The largest absolute Gasteiger partial charge is 1.00 e. The van der Waals surface area contributed by atoms with Crippen molar-refractivity contribution in [3.63, 3.8) is 0 Å². The minimum atomic E-state index is -1.05. The second-order valence-corrected chi connectivity index (χ2v) is 20.0. The number of amides is 6. The Morgan fingerprint density at radius 3 is 1.48 bits per heavy atom. The van der Waals surface area contributed by atoms with Crippen LogP contribution in [0, 0.1) is 11.6 Å². The summed E-state index contributed by atoms with van der Waals surface area (Å²) >= 11 is 5.37. The number of halogens is 3. The monoisotopic (exact) mass is 1320 g/mol. The second-order valence-electron chi connectivity index (χ2n) is 19.7. The van der Waals surface area contributed by atoms with Crippen LogP contribution >= 0.6 is 11.6 Å². The van der Waals surface area contributed by atoms with E-state index in [1.54, 1.807) is 38.5 Å². The molecule has 0 saturated carbocycles. The van der Waals surface area contributed by atoms with Crippen LogP contribution in [0.1, 0.15) is 36.4 Å². The summed E-state index contributed by atoms with van der Waals surface area (Å²) in [5.74, 6) is -3.82. The Morgan fingerprint density at radius 2 is 1.08 bits per heavy atom. The number of carbonyl (C=O) groups is 8. The van der Waals surface area contributed by atoms with E-state index in [-0.39, 0.29) is 114 Å². The molecule has 2 atom stereocenters. The molecule has 4 aromatic rings. The topological polar surface area (TPSA) is 286 Å². The van der Waals surface area contributed by atoms with Crippen molar-refractivity contribution in [1.82, 2.24) is 39.2 Å². The predicted molar refractivity (Wildman–Crippen MR) is 283 cm³/mol. The molecule has 448 valence electrons. The maximum Gasteiger partial charge on any atom is 1.00 e. The molecule has 28 nitrogen and oxygen atoms in total. The van der Waals surface area contributed by atoms with Gasteiger partial charge in [-0.05, 0) is 36.4 Å². The Labute approximate surface area is 544 Å². The van der Waals surface area contributed by atoms with Crippen LogP contribution in [0.5, 0.6) is 0 Å². The van der Waals surface area contributed by atoms with Crippen LogP contribution in [0.15, 0.2) is 48.8 Å². The summed E-state index contributed by atoms with van der Waals surface area (Å²) in [5.41, 5.74) is 5.25. The van der Waals surface area contributed by atoms with Crippen molar-refractivity contribution >= 4 is 82.5 Å². The number of rotatable bonds is 15. The number of esters is 1. The van der Waals surface area contributed by atoms with Gasteiger partial charge in [0.2, 0.25) is 18.6 Å². The molecule has 6 aliphatic heterocycles. The number of fused-ring (bicyclic) bond motifs is 2. The maximum atomic E-state index is 15.1. The SMILES string of the molecule is CC(=O)N(C[C@H]1CN(c2ccc(N3Cc4cn(C)nc4C3)c(F)c2)C(=O)O1)C(=O)OCCl.CC(=O)N(C[C@H]1CN(c2ccc(N3Cc4cn(C)nc4C3)c(F)c2)C(=O)O1)C(=O)OCOC(=O)CN1CCOCC1.O=C([O-])CN1CCOCC1.[Cs+]. The zero-order valence-electron chi connectivity index (χ0n) is 46.9. The first-order valence-electron chi connectivity index (χ1n) is 26.2. The van der Waals surface area contributed by atoms with E-state index in [0.29, 0.717) is 95.8 Å². The van der Waals surface area contributed by atoms with Gasteiger partial charge in [0.25, 0.3) is 0 Å². The molecular formula is C52H62ClCsF2N12O16. The van der Waals surface area contributed by atoms with Gasteiger partial charge in [-0.2, -0.15) is 10.2 Å². The van der Waals surface area contributed by atoms with Crippen molar-refractivity contribution in [3.05, 3.63) is 82.9 Å². The molecule has 10 rings (SSSR count). The molecule has 0 N–H and O–H groups in total. The van der Waals surface area contributed by atoms with E-state index in [0.717, 1.165) is 39.2 Å². The summed E-state index contributed by atoms with van der Waals surface area (Å²) in [7, 11) is 3.68. The molecule has 8 heterocycles. The Balaban J connectivity index is 0.000000209. The third-order valence-electron chi connectivity index (χ3n) is 13.8. The number of carboxylic acid groups (broad SMARTS) is 1. The number of aryl methyl sites for hydroxylation is 2. The van der Waals surface area contributed by atoms with Crippen molar-refractivity contribution in [2.45, 2.75) is 52.2 Å². The summed E-state index contributed by atoms with van der Waals surface area (Å²) in [6.07, 6.45) is -1.29. The zero-order valence-corrected chi connectivity index (χ0v) is 54.0. The molecule has 0 spiro atoms. The number of carbonyl (C=O) groups excluding carboxylic acids is 8. The number of hydrogen-bond donors (Lipinski definition) is 0. The van der Waals surface area contributed by atoms with Gasteiger partial charge in [-0.3, -0.25) is 43.3 Å². The minimum absolute atomic E-state index is 0. The van der Waals surface area contributed by atoms with Gasteiger partial charge in [0.05, 0.1) is 112 Å². The van der Waals surface area contributed by atoms with E-state index in [9.17, 15) is 47.9 Å². The maximum absolute atomic E-state index is 15.1. The van der Waals surface area contributed by atoms with Crippen LogP contribution in [0.25, 0.3) is 0 Å². The molecule has 0 radical (unpaired) electrons. The number of hydrogen-bond acceptors (Lipinski definition) is 22. The summed E-state index contributed by atoms with van der Waals surface area (Å²) in [6, 6.07) is 8.54. The number of alkyl halides is 1. The molecule has 6 amide bonds. The van der Waals surface area contributed by atoms with Gasteiger partial charge in [-0.15, -0.1) is 0 Å². The third-order valence-corrected chi connectivity index (χ3v) is 13.9. The van der Waals surface area contributed by atoms with Crippen molar-refractivity contribution in [2.24, 2.45) is 14.1 Å². The van der Waals surface area contributed by atoms with E-state index in [4.69, 9.17) is 40.0 Å². The van der Waals surface area contributed by atoms with Crippen LogP contribution < -0.4 is 93.6 Å². The van der Waals surface area contributed by atoms with Crippen LogP contribution in [0.4, 0.5) is 50.7 Å². The molecule has 0 unspecified atom stereocenters. The molecule has 84 heavy (non-hydrogen) atoms. The van der Waals surface area contributed by atoms with Gasteiger partial charge in [-0.1, -0.05) is 11.6 Å². The third kappa shape index (κ3) is 17.3. The number of carboxylic acids is 1. The van der Waals surface area contributed by atoms with Crippen molar-refractivity contribution in [3.8, 4) is 0 Å². The fourth-order valence-electron chi connectivity index (χ4n) is 9.77. The number of nitrogens with zero attached hydrogens (tertiary/aromatic N) is 12. The molecule has 32 heteroatoms. The first-order chi connectivity index (χ1) is 39.7. The Hall–Kier alpha value is -6.14. The zero-order chi connectivity index (χ0) is 59.5. The second kappa shape index (κ2) is 30.3. The van der Waals surface area contributed by atoms with Gasteiger partial charge in [0.1, 0.15) is 23.8 Å². The van der Waals surface area contributed by atoms with E-state index >= 15 is 4.39 Å².